The number of aliphatic carboxylic acids is 1. The summed E-state index contributed by atoms with van der Waals surface area (Å²) in [6, 6.07) is 0. The van der Waals surface area contributed by atoms with Crippen molar-refractivity contribution in [2.24, 2.45) is 10.9 Å². The summed E-state index contributed by atoms with van der Waals surface area (Å²) in [6.45, 7) is 0.924. The highest BCUT2D eigenvalue weighted by atomic mass is 16.8. The molecule has 86 valence electrons. The van der Waals surface area contributed by atoms with Gasteiger partial charge in [-0.3, -0.25) is 4.68 Å². The van der Waals surface area contributed by atoms with Gasteiger partial charge in [0.25, 0.3) is 5.90 Å². The van der Waals surface area contributed by atoms with Crippen molar-refractivity contribution in [3.63, 3.8) is 0 Å². The van der Waals surface area contributed by atoms with Crippen LogP contribution in [0.4, 0.5) is 0 Å². The van der Waals surface area contributed by atoms with Crippen molar-refractivity contribution in [1.82, 2.24) is 15.0 Å². The van der Waals surface area contributed by atoms with Gasteiger partial charge in [-0.1, -0.05) is 5.21 Å². The highest BCUT2D eigenvalue weighted by Gasteiger charge is 2.31. The van der Waals surface area contributed by atoms with Crippen molar-refractivity contribution in [3.8, 4) is 0 Å². The van der Waals surface area contributed by atoms with Gasteiger partial charge in [0.2, 0.25) is 0 Å². The number of oxime groups is 1. The molecule has 1 atom stereocenters. The summed E-state index contributed by atoms with van der Waals surface area (Å²) in [5, 5.41) is 19.5. The minimum atomic E-state index is -1.42. The Kier molecular flexibility index (Phi) is 2.68. The lowest BCUT2D eigenvalue weighted by Gasteiger charge is -2.00. The van der Waals surface area contributed by atoms with Crippen LogP contribution in [0, 0.1) is 0 Å². The zero-order valence-electron chi connectivity index (χ0n) is 8.11. The molecular formula is C7H9N5O4. The fourth-order valence-electron chi connectivity index (χ4n) is 1.08. The molecule has 0 bridgehead atoms. The van der Waals surface area contributed by atoms with E-state index in [4.69, 9.17) is 15.6 Å². The Morgan fingerprint density at radius 2 is 2.50 bits per heavy atom. The third-order valence-corrected chi connectivity index (χ3v) is 1.77. The molecule has 0 saturated heterocycles. The normalized spacial score (nSPS) is 18.8. The molecule has 1 aliphatic heterocycles. The van der Waals surface area contributed by atoms with Crippen LogP contribution in [-0.2, 0) is 20.9 Å². The van der Waals surface area contributed by atoms with Gasteiger partial charge in [-0.2, -0.15) is 0 Å². The van der Waals surface area contributed by atoms with Crippen LogP contribution in [0.25, 0.3) is 0 Å². The first-order valence-corrected chi connectivity index (χ1v) is 4.44. The fourth-order valence-corrected chi connectivity index (χ4v) is 1.08. The van der Waals surface area contributed by atoms with Crippen molar-refractivity contribution in [1.29, 1.82) is 0 Å². The van der Waals surface area contributed by atoms with Crippen LogP contribution in [0.15, 0.2) is 11.4 Å². The van der Waals surface area contributed by atoms with Crippen LogP contribution in [-0.4, -0.2) is 44.8 Å². The van der Waals surface area contributed by atoms with E-state index in [2.05, 4.69) is 20.3 Å². The lowest BCUT2D eigenvalue weighted by atomic mass is 10.5. The second-order valence-corrected chi connectivity index (χ2v) is 2.95. The van der Waals surface area contributed by atoms with Gasteiger partial charge in [0.1, 0.15) is 0 Å². The third kappa shape index (κ3) is 1.93. The molecule has 0 amide bonds. The average Bonchev–Trinajstić information content (AvgIpc) is 2.84. The van der Waals surface area contributed by atoms with Crippen molar-refractivity contribution >= 4 is 11.9 Å². The van der Waals surface area contributed by atoms with Crippen LogP contribution in [0.2, 0.25) is 0 Å². The number of hydrogen-bond donors (Lipinski definition) is 2. The lowest BCUT2D eigenvalue weighted by molar-refractivity contribution is -0.165. The number of carbonyl (C=O) groups is 1. The second-order valence-electron chi connectivity index (χ2n) is 2.95. The van der Waals surface area contributed by atoms with Crippen LogP contribution in [0.5, 0.6) is 0 Å². The highest BCUT2D eigenvalue weighted by Crippen LogP contribution is 2.11. The largest absolute Gasteiger partial charge is 0.476 e. The smallest absolute Gasteiger partial charge is 0.389 e. The molecule has 0 aromatic carbocycles. The number of rotatable bonds is 4. The zero-order chi connectivity index (χ0) is 11.5. The number of ether oxygens (including phenoxy) is 1. The Morgan fingerprint density at radius 3 is 3.12 bits per heavy atom. The Morgan fingerprint density at radius 1 is 1.69 bits per heavy atom. The van der Waals surface area contributed by atoms with Crippen LogP contribution in [0.3, 0.4) is 0 Å². The van der Waals surface area contributed by atoms with E-state index < -0.39 is 12.3 Å². The molecule has 2 heterocycles. The predicted octanol–water partition coefficient (Wildman–Crippen LogP) is -1.64. The summed E-state index contributed by atoms with van der Waals surface area (Å²) in [4.78, 5) is 15.0. The summed E-state index contributed by atoms with van der Waals surface area (Å²) in [5.41, 5.74) is 5.64. The topological polar surface area (TPSA) is 125 Å². The number of nitrogens with zero attached hydrogens (tertiary/aromatic N) is 4. The molecule has 0 radical (unpaired) electrons. The van der Waals surface area contributed by atoms with E-state index >= 15 is 0 Å². The van der Waals surface area contributed by atoms with Gasteiger partial charge < -0.3 is 20.4 Å². The maximum Gasteiger partial charge on any atom is 0.389 e. The molecule has 3 N–H and O–H groups in total. The van der Waals surface area contributed by atoms with Gasteiger partial charge in [-0.25, -0.2) is 4.79 Å². The Bertz CT molecular complexity index is 428. The monoisotopic (exact) mass is 227 g/mol. The van der Waals surface area contributed by atoms with Gasteiger partial charge in [-0.15, -0.1) is 5.10 Å². The van der Waals surface area contributed by atoms with Gasteiger partial charge in [0, 0.05) is 6.54 Å². The van der Waals surface area contributed by atoms with E-state index in [0.717, 1.165) is 0 Å². The predicted molar refractivity (Wildman–Crippen MR) is 49.2 cm³/mol. The van der Waals surface area contributed by atoms with Gasteiger partial charge in [0.05, 0.1) is 12.7 Å². The second kappa shape index (κ2) is 4.14. The molecule has 16 heavy (non-hydrogen) atoms. The molecule has 1 aliphatic rings. The summed E-state index contributed by atoms with van der Waals surface area (Å²) in [6.07, 6.45) is 0.119. The molecule has 1 aromatic heterocycles. The van der Waals surface area contributed by atoms with E-state index in [1.807, 2.05) is 0 Å². The number of aromatic nitrogens is 3. The molecule has 0 aliphatic carbocycles. The van der Waals surface area contributed by atoms with Crippen molar-refractivity contribution in [2.75, 3.05) is 6.54 Å². The standard InChI is InChI=1S/C7H9N5O4/c8-1-2-12-3-4(9-11-12)5-10-16-7(15-5)6(13)14/h3,7H,1-2,8H2,(H,13,14). The van der Waals surface area contributed by atoms with E-state index in [1.54, 1.807) is 6.20 Å². The van der Waals surface area contributed by atoms with Gasteiger partial charge in [0.15, 0.2) is 5.69 Å². The third-order valence-electron chi connectivity index (χ3n) is 1.77. The number of carboxylic acid groups (broad SMARTS) is 1. The molecule has 0 fully saturated rings. The van der Waals surface area contributed by atoms with E-state index in [1.165, 1.54) is 4.68 Å². The lowest BCUT2D eigenvalue weighted by Crippen LogP contribution is -2.22. The molecule has 0 spiro atoms. The minimum Gasteiger partial charge on any atom is -0.476 e. The molecule has 9 nitrogen and oxygen atoms in total. The molecule has 2 rings (SSSR count). The molecule has 9 heteroatoms. The number of hydrogen-bond acceptors (Lipinski definition) is 7. The Labute approximate surface area is 89.4 Å². The zero-order valence-corrected chi connectivity index (χ0v) is 8.11. The molecule has 1 aromatic rings. The highest BCUT2D eigenvalue weighted by molar-refractivity contribution is 5.93. The first-order valence-electron chi connectivity index (χ1n) is 4.44. The number of carboxylic acids is 1. The van der Waals surface area contributed by atoms with Crippen LogP contribution in [0.1, 0.15) is 5.69 Å². The Balaban J connectivity index is 2.05. The van der Waals surface area contributed by atoms with E-state index in [9.17, 15) is 4.79 Å². The van der Waals surface area contributed by atoms with Crippen LogP contribution >= 0.6 is 0 Å². The van der Waals surface area contributed by atoms with Gasteiger partial charge >= 0.3 is 12.3 Å². The summed E-state index contributed by atoms with van der Waals surface area (Å²) < 4.78 is 6.38. The van der Waals surface area contributed by atoms with E-state index in [0.29, 0.717) is 18.8 Å². The Hall–Kier alpha value is -2.16. The summed E-state index contributed by atoms with van der Waals surface area (Å²) >= 11 is 0. The molecule has 0 saturated carbocycles. The van der Waals surface area contributed by atoms with Crippen molar-refractivity contribution in [3.05, 3.63) is 11.9 Å². The van der Waals surface area contributed by atoms with Crippen LogP contribution < -0.4 is 5.73 Å². The van der Waals surface area contributed by atoms with E-state index in [-0.39, 0.29) is 5.90 Å². The average molecular weight is 227 g/mol. The van der Waals surface area contributed by atoms with Crippen molar-refractivity contribution < 1.29 is 19.5 Å². The quantitative estimate of drug-likeness (QED) is 0.631. The van der Waals surface area contributed by atoms with Crippen molar-refractivity contribution in [2.45, 2.75) is 12.8 Å². The first kappa shape index (κ1) is 10.4. The maximum absolute atomic E-state index is 10.5. The fraction of sp³-hybridized carbons (Fsp3) is 0.429. The summed E-state index contributed by atoms with van der Waals surface area (Å²) in [7, 11) is 0. The molecule has 1 unspecified atom stereocenters. The van der Waals surface area contributed by atoms with Gasteiger partial charge in [-0.05, 0) is 5.16 Å². The number of nitrogens with two attached hydrogens (primary N) is 1. The minimum absolute atomic E-state index is 0.00401. The summed E-state index contributed by atoms with van der Waals surface area (Å²) in [5.74, 6) is -1.26. The maximum atomic E-state index is 10.5. The first-order chi connectivity index (χ1) is 7.70. The molecular weight excluding hydrogens is 218 g/mol. The SMILES string of the molecule is NCCn1cc(C2=NOC(C(=O)O)O2)nn1.